The summed E-state index contributed by atoms with van der Waals surface area (Å²) in [6.45, 7) is 0. The van der Waals surface area contributed by atoms with Gasteiger partial charge in [-0.3, -0.25) is 8.42 Å². The Balaban J connectivity index is -0.000000240. The summed E-state index contributed by atoms with van der Waals surface area (Å²) in [7, 11) is 0. The van der Waals surface area contributed by atoms with Crippen LogP contribution in [0.3, 0.4) is 0 Å². The summed E-state index contributed by atoms with van der Waals surface area (Å²) >= 11 is -6.72. The van der Waals surface area contributed by atoms with Crippen molar-refractivity contribution < 1.29 is 115 Å². The maximum absolute atomic E-state index is 10.5. The van der Waals surface area contributed by atoms with Crippen LogP contribution in [0.1, 0.15) is 0 Å². The van der Waals surface area contributed by atoms with Gasteiger partial charge in [0.05, 0.1) is 11.8 Å². The molecule has 0 aromatic rings. The molecule has 0 rings (SSSR count). The average Bonchev–Trinajstić information content (AvgIpc) is 1.80. The molecule has 0 saturated carbocycles. The predicted octanol–water partition coefficient (Wildman–Crippen LogP) is -10.8. The number of hydroxylamine groups is 2. The Morgan fingerprint density at radius 1 is 1.00 bits per heavy atom. The third kappa shape index (κ3) is 19.6. The van der Waals surface area contributed by atoms with E-state index in [1.165, 1.54) is 0 Å². The van der Waals surface area contributed by atoms with Crippen LogP contribution in [0.2, 0.25) is 0 Å². The molecule has 0 aliphatic carbocycles. The van der Waals surface area contributed by atoms with Crippen LogP contribution in [-0.4, -0.2) is 44.8 Å². The molecule has 0 aromatic carbocycles. The van der Waals surface area contributed by atoms with Crippen molar-refractivity contribution in [3.8, 4) is 0 Å². The van der Waals surface area contributed by atoms with Gasteiger partial charge in [0.2, 0.25) is 0 Å². The van der Waals surface area contributed by atoms with Crippen molar-refractivity contribution in [2.45, 2.75) is 0 Å². The maximum atomic E-state index is 10.5. The Kier molecular flexibility index (Phi) is 28.2. The SMILES string of the molecule is CS(=O)ON(CS(=O)[O-])CS(=O)[O-].[Na+].[Na+].[Na+]. The second-order valence-electron chi connectivity index (χ2n) is 1.82. The van der Waals surface area contributed by atoms with Gasteiger partial charge in [-0.1, -0.05) is 0 Å². The van der Waals surface area contributed by atoms with Gasteiger partial charge in [-0.25, -0.2) is 4.21 Å². The molecule has 0 radical (unpaired) electrons. The number of nitrogens with zero attached hydrogens (tertiary/aromatic N) is 1. The van der Waals surface area contributed by atoms with E-state index in [2.05, 4.69) is 4.28 Å². The topological polar surface area (TPSA) is 110 Å². The van der Waals surface area contributed by atoms with Gasteiger partial charge in [0.15, 0.2) is 11.1 Å². The molecule has 0 saturated heterocycles. The van der Waals surface area contributed by atoms with Gasteiger partial charge in [-0.2, -0.15) is 9.35 Å². The van der Waals surface area contributed by atoms with E-state index in [1.54, 1.807) is 0 Å². The van der Waals surface area contributed by atoms with E-state index < -0.39 is 45.0 Å². The summed E-state index contributed by atoms with van der Waals surface area (Å²) in [5.41, 5.74) is 0. The van der Waals surface area contributed by atoms with Crippen molar-refractivity contribution in [3.63, 3.8) is 0 Å². The van der Waals surface area contributed by atoms with Crippen molar-refractivity contribution in [3.05, 3.63) is 0 Å². The third-order valence-corrected chi connectivity index (χ3v) is 2.13. The largest absolute Gasteiger partial charge is 1.00 e. The molecule has 0 fully saturated rings. The van der Waals surface area contributed by atoms with Crippen LogP contribution < -0.4 is 88.7 Å². The summed E-state index contributed by atoms with van der Waals surface area (Å²) in [6, 6.07) is 0. The van der Waals surface area contributed by atoms with Crippen LogP contribution in [0.5, 0.6) is 0 Å². The zero-order valence-electron chi connectivity index (χ0n) is 9.54. The summed E-state index contributed by atoms with van der Waals surface area (Å²) in [4.78, 5) is 0. The standard InChI is InChI=1S/C3H9NO6S3.3Na/c1-11(5)10-4(2-12(6)7)3-13(8)9;;;/h2-3H2,1H3,(H,6,7)(H,8,9);;;/q;3*+1/p-2. The fourth-order valence-corrected chi connectivity index (χ4v) is 1.87. The molecule has 0 aromatic heterocycles. The monoisotopic (exact) mass is 318 g/mol. The van der Waals surface area contributed by atoms with Gasteiger partial charge < -0.3 is 9.11 Å². The van der Waals surface area contributed by atoms with Crippen molar-refractivity contribution in [1.82, 2.24) is 5.06 Å². The third-order valence-electron chi connectivity index (χ3n) is 0.709. The van der Waals surface area contributed by atoms with Crippen molar-refractivity contribution in [2.24, 2.45) is 0 Å². The molecule has 0 spiro atoms. The van der Waals surface area contributed by atoms with E-state index in [9.17, 15) is 21.7 Å². The molecule has 0 aliphatic rings. The van der Waals surface area contributed by atoms with Crippen LogP contribution in [0, 0.1) is 0 Å². The fourth-order valence-electron chi connectivity index (χ4n) is 0.464. The minimum absolute atomic E-state index is 0. The quantitative estimate of drug-likeness (QED) is 0.272. The Labute approximate surface area is 168 Å². The molecule has 3 atom stereocenters. The zero-order chi connectivity index (χ0) is 10.4. The molecule has 0 N–H and O–H groups in total. The molecule has 13 heteroatoms. The number of rotatable bonds is 6. The molecule has 7 nitrogen and oxygen atoms in total. The van der Waals surface area contributed by atoms with Gasteiger partial charge in [0.1, 0.15) is 0 Å². The van der Waals surface area contributed by atoms with Gasteiger partial charge in [0.25, 0.3) is 0 Å². The van der Waals surface area contributed by atoms with Gasteiger partial charge in [0, 0.05) is 6.26 Å². The molecule has 0 heterocycles. The summed E-state index contributed by atoms with van der Waals surface area (Å²) in [5.74, 6) is -1.29. The summed E-state index contributed by atoms with van der Waals surface area (Å²) in [5, 5.41) is 0.572. The van der Waals surface area contributed by atoms with E-state index in [4.69, 9.17) is 0 Å². The van der Waals surface area contributed by atoms with Crippen LogP contribution in [0.4, 0.5) is 0 Å². The molecular formula is C3H7NNa3O6S3+. The molecular weight excluding hydrogens is 311 g/mol. The van der Waals surface area contributed by atoms with E-state index in [-0.39, 0.29) is 88.7 Å². The van der Waals surface area contributed by atoms with Crippen molar-refractivity contribution in [1.29, 1.82) is 0 Å². The van der Waals surface area contributed by atoms with Gasteiger partial charge in [-0.15, -0.1) is 0 Å². The normalized spacial score (nSPS) is 15.0. The number of hydrogen-bond acceptors (Lipinski definition) is 7. The van der Waals surface area contributed by atoms with Crippen LogP contribution >= 0.6 is 0 Å². The Morgan fingerprint density at radius 2 is 1.31 bits per heavy atom. The van der Waals surface area contributed by atoms with Crippen LogP contribution in [0.25, 0.3) is 0 Å². The summed E-state index contributed by atoms with van der Waals surface area (Å²) < 4.78 is 55.5. The molecule has 16 heavy (non-hydrogen) atoms. The zero-order valence-corrected chi connectivity index (χ0v) is 18.0. The Bertz CT molecular complexity index is 204. The summed E-state index contributed by atoms with van der Waals surface area (Å²) in [6.07, 6.45) is 1.15. The first-order valence-electron chi connectivity index (χ1n) is 2.80. The minimum Gasteiger partial charge on any atom is -0.771 e. The second kappa shape index (κ2) is 16.3. The Morgan fingerprint density at radius 3 is 1.50 bits per heavy atom. The fraction of sp³-hybridized carbons (Fsp3) is 1.00. The maximum Gasteiger partial charge on any atom is 1.00 e. The molecule has 0 amide bonds. The van der Waals surface area contributed by atoms with Crippen molar-refractivity contribution in [2.75, 3.05) is 18.0 Å². The first-order chi connectivity index (χ1) is 5.91. The second-order valence-corrected chi connectivity index (χ2v) is 4.51. The van der Waals surface area contributed by atoms with E-state index in [0.29, 0.717) is 5.06 Å². The van der Waals surface area contributed by atoms with Crippen molar-refractivity contribution >= 4 is 33.2 Å². The van der Waals surface area contributed by atoms with E-state index in [0.717, 1.165) is 6.26 Å². The van der Waals surface area contributed by atoms with E-state index >= 15 is 0 Å². The minimum atomic E-state index is -2.49. The van der Waals surface area contributed by atoms with Crippen LogP contribution in [-0.2, 0) is 37.5 Å². The van der Waals surface area contributed by atoms with E-state index in [1.807, 2.05) is 0 Å². The molecule has 0 bridgehead atoms. The molecule has 3 unspecified atom stereocenters. The molecule has 80 valence electrons. The Hall–Kier alpha value is 3.29. The number of hydrogen-bond donors (Lipinski definition) is 0. The smallest absolute Gasteiger partial charge is 0.771 e. The van der Waals surface area contributed by atoms with Crippen LogP contribution in [0.15, 0.2) is 0 Å². The first-order valence-corrected chi connectivity index (χ1v) is 6.77. The predicted molar refractivity (Wildman–Crippen MR) is 44.6 cm³/mol. The molecule has 0 aliphatic heterocycles. The van der Waals surface area contributed by atoms with Gasteiger partial charge >= 0.3 is 88.7 Å². The van der Waals surface area contributed by atoms with Gasteiger partial charge in [-0.05, 0) is 22.2 Å². The average molecular weight is 318 g/mol. The first kappa shape index (κ1) is 27.6.